The number of H-pyrrole nitrogens is 1. The lowest BCUT2D eigenvalue weighted by molar-refractivity contribution is 0.213. The number of imidazole rings is 1. The van der Waals surface area contributed by atoms with Crippen molar-refractivity contribution >= 4 is 0 Å². The first-order valence-corrected chi connectivity index (χ1v) is 4.34. The molecule has 0 saturated heterocycles. The van der Waals surface area contributed by atoms with E-state index < -0.39 is 5.67 Å². The van der Waals surface area contributed by atoms with Gasteiger partial charge in [-0.1, -0.05) is 0 Å². The summed E-state index contributed by atoms with van der Waals surface area (Å²) >= 11 is 0. The molecule has 4 heteroatoms. The topological polar surface area (TPSA) is 40.7 Å². The van der Waals surface area contributed by atoms with Crippen LogP contribution in [-0.4, -0.2) is 17.0 Å². The number of nitrogens with one attached hydrogen (secondary N) is 2. The molecule has 2 N–H and O–H groups in total. The third kappa shape index (κ3) is 2.28. The van der Waals surface area contributed by atoms with E-state index >= 15 is 0 Å². The van der Waals surface area contributed by atoms with Crippen molar-refractivity contribution in [1.82, 2.24) is 15.3 Å². The first-order chi connectivity index (χ1) is 5.95. The number of alkyl halides is 1. The normalized spacial score (nSPS) is 12.1. The molecule has 74 valence electrons. The fourth-order valence-corrected chi connectivity index (χ4v) is 1.35. The molecule has 0 unspecified atom stereocenters. The lowest BCUT2D eigenvalue weighted by atomic mass is 10.1. The second-order valence-corrected chi connectivity index (χ2v) is 3.66. The Bertz CT molecular complexity index is 286. The molecule has 3 nitrogen and oxygen atoms in total. The van der Waals surface area contributed by atoms with Crippen LogP contribution in [0.2, 0.25) is 0 Å². The Morgan fingerprint density at radius 3 is 2.54 bits per heavy atom. The van der Waals surface area contributed by atoms with Crippen LogP contribution in [0, 0.1) is 6.92 Å². The van der Waals surface area contributed by atoms with Crippen molar-refractivity contribution in [2.75, 3.05) is 7.05 Å². The van der Waals surface area contributed by atoms with E-state index in [2.05, 4.69) is 15.3 Å². The van der Waals surface area contributed by atoms with Gasteiger partial charge in [-0.2, -0.15) is 0 Å². The highest BCUT2D eigenvalue weighted by Gasteiger charge is 2.24. The van der Waals surface area contributed by atoms with Gasteiger partial charge >= 0.3 is 0 Å². The standard InChI is InChI=1S/C9H16FN3/c1-6-8(9(2,3)10)13-7(12-6)5-11-4/h11H,5H2,1-4H3,(H,12,13). The summed E-state index contributed by atoms with van der Waals surface area (Å²) < 4.78 is 13.5. The summed E-state index contributed by atoms with van der Waals surface area (Å²) in [7, 11) is 1.83. The fraction of sp³-hybridized carbons (Fsp3) is 0.667. The zero-order valence-corrected chi connectivity index (χ0v) is 8.53. The average molecular weight is 185 g/mol. The maximum atomic E-state index is 13.5. The van der Waals surface area contributed by atoms with Crippen molar-refractivity contribution in [2.24, 2.45) is 0 Å². The Kier molecular flexibility index (Phi) is 2.71. The Morgan fingerprint density at radius 1 is 1.54 bits per heavy atom. The zero-order valence-electron chi connectivity index (χ0n) is 8.53. The molecule has 0 fully saturated rings. The van der Waals surface area contributed by atoms with Gasteiger partial charge < -0.3 is 10.3 Å². The molecule has 1 aromatic heterocycles. The summed E-state index contributed by atoms with van der Waals surface area (Å²) in [5, 5.41) is 2.96. The first-order valence-electron chi connectivity index (χ1n) is 4.34. The Balaban J connectivity index is 2.96. The third-order valence-electron chi connectivity index (χ3n) is 1.84. The number of halogens is 1. The van der Waals surface area contributed by atoms with Crippen molar-refractivity contribution in [3.05, 3.63) is 17.2 Å². The average Bonchev–Trinajstić information content (AvgIpc) is 2.30. The van der Waals surface area contributed by atoms with Crippen LogP contribution >= 0.6 is 0 Å². The minimum Gasteiger partial charge on any atom is -0.345 e. The zero-order chi connectivity index (χ0) is 10.1. The second-order valence-electron chi connectivity index (χ2n) is 3.66. The van der Waals surface area contributed by atoms with Crippen LogP contribution < -0.4 is 5.32 Å². The van der Waals surface area contributed by atoms with Crippen molar-refractivity contribution < 1.29 is 4.39 Å². The van der Waals surface area contributed by atoms with E-state index in [1.807, 2.05) is 14.0 Å². The van der Waals surface area contributed by atoms with Crippen molar-refractivity contribution in [1.29, 1.82) is 0 Å². The van der Waals surface area contributed by atoms with E-state index in [4.69, 9.17) is 0 Å². The molecule has 0 spiro atoms. The molecule has 0 amide bonds. The molecule has 0 radical (unpaired) electrons. The van der Waals surface area contributed by atoms with E-state index in [9.17, 15) is 4.39 Å². The molecule has 0 aliphatic rings. The van der Waals surface area contributed by atoms with Crippen LogP contribution in [0.1, 0.15) is 31.1 Å². The second kappa shape index (κ2) is 3.46. The van der Waals surface area contributed by atoms with Crippen LogP contribution in [0.15, 0.2) is 0 Å². The number of nitrogens with zero attached hydrogens (tertiary/aromatic N) is 1. The highest BCUT2D eigenvalue weighted by atomic mass is 19.1. The number of aromatic nitrogens is 2. The van der Waals surface area contributed by atoms with Crippen LogP contribution in [0.3, 0.4) is 0 Å². The highest BCUT2D eigenvalue weighted by molar-refractivity contribution is 5.19. The largest absolute Gasteiger partial charge is 0.345 e. The van der Waals surface area contributed by atoms with Crippen LogP contribution in [0.25, 0.3) is 0 Å². The lowest BCUT2D eigenvalue weighted by Gasteiger charge is -2.11. The molecule has 0 aliphatic heterocycles. The Labute approximate surface area is 77.8 Å². The predicted molar refractivity (Wildman–Crippen MR) is 50.2 cm³/mol. The van der Waals surface area contributed by atoms with Gasteiger partial charge in [-0.25, -0.2) is 9.37 Å². The van der Waals surface area contributed by atoms with Gasteiger partial charge in [-0.05, 0) is 27.8 Å². The summed E-state index contributed by atoms with van der Waals surface area (Å²) in [6.07, 6.45) is 0. The van der Waals surface area contributed by atoms with Gasteiger partial charge in [0.25, 0.3) is 0 Å². The van der Waals surface area contributed by atoms with E-state index in [0.717, 1.165) is 11.5 Å². The molecular formula is C9H16FN3. The summed E-state index contributed by atoms with van der Waals surface area (Å²) in [6.45, 7) is 5.50. The molecule has 0 atom stereocenters. The SMILES string of the molecule is CNCc1nc(C(C)(C)F)c(C)[nH]1. The van der Waals surface area contributed by atoms with Crippen molar-refractivity contribution in [2.45, 2.75) is 33.0 Å². The molecule has 1 aromatic rings. The number of aryl methyl sites for hydroxylation is 1. The van der Waals surface area contributed by atoms with Crippen molar-refractivity contribution in [3.63, 3.8) is 0 Å². The number of hydrogen-bond acceptors (Lipinski definition) is 2. The lowest BCUT2D eigenvalue weighted by Crippen LogP contribution is -2.12. The quantitative estimate of drug-likeness (QED) is 0.751. The van der Waals surface area contributed by atoms with Crippen LogP contribution in [0.5, 0.6) is 0 Å². The minimum absolute atomic E-state index is 0.498. The molecular weight excluding hydrogens is 169 g/mol. The van der Waals surface area contributed by atoms with Gasteiger partial charge in [0.15, 0.2) is 0 Å². The summed E-state index contributed by atoms with van der Waals surface area (Å²) in [5.41, 5.74) is -0.0671. The Hall–Kier alpha value is -0.900. The van der Waals surface area contributed by atoms with Gasteiger partial charge in [0.1, 0.15) is 11.5 Å². The Morgan fingerprint density at radius 2 is 2.15 bits per heavy atom. The maximum Gasteiger partial charge on any atom is 0.149 e. The van der Waals surface area contributed by atoms with Gasteiger partial charge in [-0.15, -0.1) is 0 Å². The number of hydrogen-bond donors (Lipinski definition) is 2. The van der Waals surface area contributed by atoms with Gasteiger partial charge in [0, 0.05) is 5.69 Å². The van der Waals surface area contributed by atoms with Gasteiger partial charge in [0.2, 0.25) is 0 Å². The van der Waals surface area contributed by atoms with Crippen LogP contribution in [0.4, 0.5) is 4.39 Å². The van der Waals surface area contributed by atoms with Crippen LogP contribution in [-0.2, 0) is 12.2 Å². The predicted octanol–water partition coefficient (Wildman–Crippen LogP) is 1.64. The third-order valence-corrected chi connectivity index (χ3v) is 1.84. The highest BCUT2D eigenvalue weighted by Crippen LogP contribution is 2.25. The molecule has 0 aromatic carbocycles. The molecule has 1 heterocycles. The van der Waals surface area contributed by atoms with E-state index in [0.29, 0.717) is 12.2 Å². The monoisotopic (exact) mass is 185 g/mol. The molecule has 13 heavy (non-hydrogen) atoms. The molecule has 0 bridgehead atoms. The van der Waals surface area contributed by atoms with Gasteiger partial charge in [0.05, 0.1) is 12.2 Å². The summed E-state index contributed by atoms with van der Waals surface area (Å²) in [4.78, 5) is 7.22. The summed E-state index contributed by atoms with van der Waals surface area (Å²) in [6, 6.07) is 0. The molecule has 0 saturated carbocycles. The van der Waals surface area contributed by atoms with E-state index in [1.54, 1.807) is 0 Å². The minimum atomic E-state index is -1.37. The smallest absolute Gasteiger partial charge is 0.149 e. The molecule has 1 rings (SSSR count). The fourth-order valence-electron chi connectivity index (χ4n) is 1.35. The summed E-state index contributed by atoms with van der Waals surface area (Å²) in [5.74, 6) is 0.778. The molecule has 0 aliphatic carbocycles. The van der Waals surface area contributed by atoms with E-state index in [1.165, 1.54) is 13.8 Å². The van der Waals surface area contributed by atoms with Crippen molar-refractivity contribution in [3.8, 4) is 0 Å². The van der Waals surface area contributed by atoms with E-state index in [-0.39, 0.29) is 0 Å². The number of rotatable bonds is 3. The first kappa shape index (κ1) is 10.2. The maximum absolute atomic E-state index is 13.5. The number of aromatic amines is 1. The van der Waals surface area contributed by atoms with Gasteiger partial charge in [-0.3, -0.25) is 0 Å².